The summed E-state index contributed by atoms with van der Waals surface area (Å²) < 4.78 is 0. The molecule has 1 aliphatic heterocycles. The summed E-state index contributed by atoms with van der Waals surface area (Å²) >= 11 is 5.68. The summed E-state index contributed by atoms with van der Waals surface area (Å²) in [6, 6.07) is 0.766. The zero-order valence-electron chi connectivity index (χ0n) is 8.22. The summed E-state index contributed by atoms with van der Waals surface area (Å²) in [5, 5.41) is 0. The van der Waals surface area contributed by atoms with E-state index in [9.17, 15) is 0 Å². The van der Waals surface area contributed by atoms with Gasteiger partial charge in [-0.2, -0.15) is 0 Å². The fourth-order valence-corrected chi connectivity index (χ4v) is 2.12. The van der Waals surface area contributed by atoms with E-state index >= 15 is 0 Å². The molecule has 0 aliphatic carbocycles. The van der Waals surface area contributed by atoms with Gasteiger partial charge >= 0.3 is 0 Å². The van der Waals surface area contributed by atoms with Gasteiger partial charge in [-0.05, 0) is 45.2 Å². The first-order chi connectivity index (χ1) is 5.75. The van der Waals surface area contributed by atoms with Crippen molar-refractivity contribution in [3.63, 3.8) is 0 Å². The average Bonchev–Trinajstić information content (AvgIpc) is 2.08. The van der Waals surface area contributed by atoms with Gasteiger partial charge in [0, 0.05) is 11.9 Å². The van der Waals surface area contributed by atoms with Crippen molar-refractivity contribution in [3.8, 4) is 0 Å². The summed E-state index contributed by atoms with van der Waals surface area (Å²) in [6.45, 7) is 7.17. The summed E-state index contributed by atoms with van der Waals surface area (Å²) in [4.78, 5) is 2.58. The number of alkyl halides is 1. The van der Waals surface area contributed by atoms with E-state index in [4.69, 9.17) is 11.6 Å². The lowest BCUT2D eigenvalue weighted by molar-refractivity contribution is 0.114. The molecule has 0 bridgehead atoms. The highest BCUT2D eigenvalue weighted by Gasteiger charge is 2.23. The zero-order chi connectivity index (χ0) is 8.97. The molecule has 0 aromatic heterocycles. The topological polar surface area (TPSA) is 3.24 Å². The van der Waals surface area contributed by atoms with E-state index in [0.29, 0.717) is 0 Å². The number of piperidine rings is 1. The molecule has 1 heterocycles. The van der Waals surface area contributed by atoms with Crippen molar-refractivity contribution in [1.29, 1.82) is 0 Å². The Kier molecular flexibility index (Phi) is 4.38. The molecule has 0 aromatic carbocycles. The second kappa shape index (κ2) is 5.08. The van der Waals surface area contributed by atoms with E-state index in [1.165, 1.54) is 25.9 Å². The number of hydrogen-bond acceptors (Lipinski definition) is 1. The van der Waals surface area contributed by atoms with Gasteiger partial charge in [-0.15, -0.1) is 11.6 Å². The predicted molar refractivity (Wildman–Crippen MR) is 54.8 cm³/mol. The molecule has 2 atom stereocenters. The molecule has 0 spiro atoms. The first kappa shape index (κ1) is 10.3. The van der Waals surface area contributed by atoms with E-state index in [0.717, 1.165) is 24.3 Å². The molecule has 2 unspecified atom stereocenters. The van der Waals surface area contributed by atoms with Gasteiger partial charge in [-0.1, -0.05) is 6.92 Å². The fourth-order valence-electron chi connectivity index (χ4n) is 2.00. The number of halogens is 1. The largest absolute Gasteiger partial charge is 0.300 e. The number of nitrogens with zero attached hydrogens (tertiary/aromatic N) is 1. The van der Waals surface area contributed by atoms with Crippen LogP contribution >= 0.6 is 11.6 Å². The van der Waals surface area contributed by atoms with E-state index < -0.39 is 0 Å². The van der Waals surface area contributed by atoms with Crippen LogP contribution in [0.15, 0.2) is 0 Å². The molecule has 1 rings (SSSR count). The van der Waals surface area contributed by atoms with E-state index in [-0.39, 0.29) is 0 Å². The molecular weight excluding hydrogens is 170 g/mol. The Morgan fingerprint density at radius 1 is 1.42 bits per heavy atom. The van der Waals surface area contributed by atoms with Crippen LogP contribution in [0.5, 0.6) is 0 Å². The third-order valence-corrected chi connectivity index (χ3v) is 3.35. The minimum absolute atomic E-state index is 0.766. The van der Waals surface area contributed by atoms with Gasteiger partial charge < -0.3 is 4.90 Å². The van der Waals surface area contributed by atoms with Gasteiger partial charge in [0.1, 0.15) is 0 Å². The van der Waals surface area contributed by atoms with Crippen molar-refractivity contribution in [1.82, 2.24) is 4.90 Å². The average molecular weight is 190 g/mol. The summed E-state index contributed by atoms with van der Waals surface area (Å²) in [6.07, 6.45) is 3.91. The first-order valence-electron chi connectivity index (χ1n) is 5.05. The molecule has 1 aliphatic rings. The highest BCUT2D eigenvalue weighted by atomic mass is 35.5. The Bertz CT molecular complexity index is 127. The number of hydrogen-bond donors (Lipinski definition) is 0. The molecule has 0 saturated carbocycles. The lowest BCUT2D eigenvalue weighted by Gasteiger charge is -2.37. The molecular formula is C10H20ClN. The van der Waals surface area contributed by atoms with Crippen LogP contribution in [0.3, 0.4) is 0 Å². The fraction of sp³-hybridized carbons (Fsp3) is 1.00. The standard InChI is InChI=1S/C10H20ClN/c1-9-5-3-7-12(10(9)2)8-4-6-11/h9-10H,3-8H2,1-2H3. The Hall–Kier alpha value is 0.250. The molecule has 2 heteroatoms. The second-order valence-electron chi connectivity index (χ2n) is 3.94. The van der Waals surface area contributed by atoms with Crippen LogP contribution < -0.4 is 0 Å². The third kappa shape index (κ3) is 2.63. The summed E-state index contributed by atoms with van der Waals surface area (Å²) in [7, 11) is 0. The van der Waals surface area contributed by atoms with Crippen LogP contribution in [0.1, 0.15) is 33.1 Å². The minimum Gasteiger partial charge on any atom is -0.300 e. The molecule has 1 fully saturated rings. The highest BCUT2D eigenvalue weighted by Crippen LogP contribution is 2.22. The molecule has 0 aromatic rings. The quantitative estimate of drug-likeness (QED) is 0.618. The van der Waals surface area contributed by atoms with Crippen molar-refractivity contribution in [2.24, 2.45) is 5.92 Å². The van der Waals surface area contributed by atoms with Crippen LogP contribution in [0, 0.1) is 5.92 Å². The maximum absolute atomic E-state index is 5.68. The van der Waals surface area contributed by atoms with Crippen LogP contribution in [-0.2, 0) is 0 Å². The Morgan fingerprint density at radius 3 is 2.83 bits per heavy atom. The molecule has 0 amide bonds. The van der Waals surface area contributed by atoms with Crippen LogP contribution in [0.25, 0.3) is 0 Å². The first-order valence-corrected chi connectivity index (χ1v) is 5.59. The third-order valence-electron chi connectivity index (χ3n) is 3.08. The molecule has 72 valence electrons. The van der Waals surface area contributed by atoms with Crippen LogP contribution in [0.4, 0.5) is 0 Å². The molecule has 1 nitrogen and oxygen atoms in total. The van der Waals surface area contributed by atoms with Gasteiger partial charge in [0.2, 0.25) is 0 Å². The lowest BCUT2D eigenvalue weighted by atomic mass is 9.92. The normalized spacial score (nSPS) is 32.2. The minimum atomic E-state index is 0.766. The van der Waals surface area contributed by atoms with Gasteiger partial charge in [0.15, 0.2) is 0 Å². The van der Waals surface area contributed by atoms with E-state index in [1.54, 1.807) is 0 Å². The van der Waals surface area contributed by atoms with Crippen molar-refractivity contribution >= 4 is 11.6 Å². The SMILES string of the molecule is CC1CCCN(CCCCl)C1C. The monoisotopic (exact) mass is 189 g/mol. The smallest absolute Gasteiger partial charge is 0.0235 e. The number of likely N-dealkylation sites (tertiary alicyclic amines) is 1. The van der Waals surface area contributed by atoms with Gasteiger partial charge in [0.25, 0.3) is 0 Å². The molecule has 12 heavy (non-hydrogen) atoms. The number of rotatable bonds is 3. The van der Waals surface area contributed by atoms with Gasteiger partial charge in [-0.25, -0.2) is 0 Å². The zero-order valence-corrected chi connectivity index (χ0v) is 8.98. The van der Waals surface area contributed by atoms with E-state index in [2.05, 4.69) is 18.7 Å². The maximum Gasteiger partial charge on any atom is 0.0235 e. The summed E-state index contributed by atoms with van der Waals surface area (Å²) in [5.41, 5.74) is 0. The molecule has 0 N–H and O–H groups in total. The Morgan fingerprint density at radius 2 is 2.17 bits per heavy atom. The van der Waals surface area contributed by atoms with E-state index in [1.807, 2.05) is 0 Å². The Labute approximate surface area is 81.1 Å². The van der Waals surface area contributed by atoms with Crippen molar-refractivity contribution in [2.75, 3.05) is 19.0 Å². The van der Waals surface area contributed by atoms with Crippen molar-refractivity contribution < 1.29 is 0 Å². The molecule has 0 radical (unpaired) electrons. The van der Waals surface area contributed by atoms with Crippen molar-refractivity contribution in [2.45, 2.75) is 39.2 Å². The van der Waals surface area contributed by atoms with Crippen LogP contribution in [0.2, 0.25) is 0 Å². The molecule has 1 saturated heterocycles. The van der Waals surface area contributed by atoms with Crippen LogP contribution in [-0.4, -0.2) is 29.9 Å². The lowest BCUT2D eigenvalue weighted by Crippen LogP contribution is -2.42. The van der Waals surface area contributed by atoms with Gasteiger partial charge in [-0.3, -0.25) is 0 Å². The van der Waals surface area contributed by atoms with Crippen molar-refractivity contribution in [3.05, 3.63) is 0 Å². The Balaban J connectivity index is 2.30. The maximum atomic E-state index is 5.68. The highest BCUT2D eigenvalue weighted by molar-refractivity contribution is 6.17. The predicted octanol–water partition coefficient (Wildman–Crippen LogP) is 2.74. The second-order valence-corrected chi connectivity index (χ2v) is 4.32. The van der Waals surface area contributed by atoms with Gasteiger partial charge in [0.05, 0.1) is 0 Å². The summed E-state index contributed by atoms with van der Waals surface area (Å²) in [5.74, 6) is 1.67.